The maximum absolute atomic E-state index is 8.49. The number of nitriles is 2. The number of rotatable bonds is 0. The minimum absolute atomic E-state index is 0. The van der Waals surface area contributed by atoms with Crippen LogP contribution in [0.15, 0.2) is 0 Å². The Balaban J connectivity index is -0.0000000161. The minimum atomic E-state index is -4.94. The van der Waals surface area contributed by atoms with Crippen molar-refractivity contribution in [2.75, 3.05) is 0 Å². The molecule has 0 heterocycles. The summed E-state index contributed by atoms with van der Waals surface area (Å²) in [6.45, 7) is 18.3. The van der Waals surface area contributed by atoms with E-state index in [2.05, 4.69) is 0 Å². The first-order chi connectivity index (χ1) is 23.0. The number of nitrogens with one attached hydrogen (secondary N) is 10. The molecule has 0 rings (SSSR count). The molecule has 0 spiro atoms. The fourth-order valence-corrected chi connectivity index (χ4v) is 0. The van der Waals surface area contributed by atoms with Crippen LogP contribution in [0, 0.1) is 114 Å². The molecule has 24 nitrogen and oxygen atoms in total. The van der Waals surface area contributed by atoms with Crippen LogP contribution in [0.25, 0.3) is 0 Å². The predicted octanol–water partition coefficient (Wildman–Crippen LogP) is -34.4. The fraction of sp³-hybridized carbons (Fsp3) is 0.500. The van der Waals surface area contributed by atoms with Gasteiger partial charge >= 0.3 is 56.6 Å². The Hall–Kier alpha value is -3.94. The summed E-state index contributed by atoms with van der Waals surface area (Å²) in [5, 5.41) is 74.2. The fourth-order valence-electron chi connectivity index (χ4n) is 0. The van der Waals surface area contributed by atoms with Crippen molar-refractivity contribution in [3.05, 3.63) is 0 Å². The molecule has 0 aromatic heterocycles. The average Bonchev–Trinajstić information content (AvgIpc) is 2.87. The van der Waals surface area contributed by atoms with E-state index in [9.17, 15) is 0 Å². The Morgan fingerprint density at radius 1 is 0.259 bits per heavy atom. The van der Waals surface area contributed by atoms with Crippen molar-refractivity contribution in [2.45, 2.75) is 83.1 Å². The Labute approximate surface area is 360 Å². The first-order valence-corrected chi connectivity index (χ1v) is 14.5. The average molecular weight is 822 g/mol. The van der Waals surface area contributed by atoms with Crippen LogP contribution in [0.3, 0.4) is 0 Å². The topological polar surface area (TPSA) is 562 Å². The van der Waals surface area contributed by atoms with Gasteiger partial charge in [0, 0.05) is 13.8 Å². The molecule has 0 saturated heterocycles. The minimum Gasteiger partial charge on any atom is -0.222 e. The van der Waals surface area contributed by atoms with E-state index in [4.69, 9.17) is 119 Å². The van der Waals surface area contributed by atoms with Gasteiger partial charge in [0.2, 0.25) is 0 Å². The van der Waals surface area contributed by atoms with Crippen LogP contribution in [-0.4, -0.2) is 0 Å². The van der Waals surface area contributed by atoms with Gasteiger partial charge in [-0.05, 0) is 0 Å². The van der Waals surface area contributed by atoms with Crippen LogP contribution in [0.5, 0.6) is 0 Å². The molecule has 0 aromatic carbocycles. The van der Waals surface area contributed by atoms with Gasteiger partial charge in [0.15, 0.2) is 0 Å². The number of halogens is 3. The molecule has 0 bridgehead atoms. The SMILES string of the molecule is CC#N.CC#N.CC#[NH+].CC#[NH+].CC#[NH+].CC#[NH+].CC#[NH+].CC#[NH+].CC#[NH+].CC#[NH+].CC#[NH+].CC#[NH+].[Li+].[Li+].[Li+].[O-][Cl+3]([O-])([O-])[O-].[O-][Cl+3]([O-])([O-])[O-].[O-][Cl+3]([O-])([O-])[O-]. The third-order valence-corrected chi connectivity index (χ3v) is 0. The van der Waals surface area contributed by atoms with Crippen molar-refractivity contribution in [2.24, 2.45) is 0 Å². The first-order valence-electron chi connectivity index (χ1n) is 10.8. The van der Waals surface area contributed by atoms with Gasteiger partial charge in [-0.15, -0.1) is 83.3 Å². The molecule has 288 valence electrons. The Kier molecular flexibility index (Phi) is 362. The second kappa shape index (κ2) is 167. The van der Waals surface area contributed by atoms with E-state index >= 15 is 0 Å². The van der Waals surface area contributed by atoms with E-state index < -0.39 is 30.7 Å². The molecule has 0 aliphatic heterocycles. The summed E-state index contributed by atoms with van der Waals surface area (Å²) < 4.78 is 102. The molecular formula is C24H46Cl3Li3N12O12+10. The third-order valence-electron chi connectivity index (χ3n) is 0. The molecule has 0 aromatic rings. The summed E-state index contributed by atoms with van der Waals surface area (Å²) in [6.07, 6.45) is 0. The van der Waals surface area contributed by atoms with Crippen molar-refractivity contribution in [1.82, 2.24) is 0 Å². The molecule has 0 aliphatic rings. The van der Waals surface area contributed by atoms with Gasteiger partial charge in [-0.3, -0.25) is 0 Å². The summed E-state index contributed by atoms with van der Waals surface area (Å²) in [5.41, 5.74) is 0. The van der Waals surface area contributed by atoms with E-state index in [0.29, 0.717) is 0 Å². The molecule has 0 aliphatic carbocycles. The molecule has 0 atom stereocenters. The summed E-state index contributed by atoms with van der Waals surface area (Å²) in [5.74, 6) is 0. The zero-order valence-electron chi connectivity index (χ0n) is 32.9. The molecule has 10 N–H and O–H groups in total. The van der Waals surface area contributed by atoms with Crippen molar-refractivity contribution in [3.8, 4) is 72.8 Å². The van der Waals surface area contributed by atoms with Gasteiger partial charge in [-0.25, -0.2) is 55.9 Å². The van der Waals surface area contributed by atoms with Crippen molar-refractivity contribution >= 4 is 0 Å². The monoisotopic (exact) mass is 820 g/mol. The zero-order valence-corrected chi connectivity index (χ0v) is 35.2. The Morgan fingerprint density at radius 2 is 0.259 bits per heavy atom. The summed E-state index contributed by atoms with van der Waals surface area (Å²) in [4.78, 5) is 0. The van der Waals surface area contributed by atoms with E-state index in [1.807, 2.05) is 60.7 Å². The molecular weight excluding hydrogens is 776 g/mol. The summed E-state index contributed by atoms with van der Waals surface area (Å²) >= 11 is 0. The van der Waals surface area contributed by atoms with Crippen molar-refractivity contribution in [1.29, 1.82) is 10.5 Å². The largest absolute Gasteiger partial charge is 1.00 e. The molecule has 0 radical (unpaired) electrons. The van der Waals surface area contributed by atoms with Crippen LogP contribution in [0.2, 0.25) is 0 Å². The van der Waals surface area contributed by atoms with Gasteiger partial charge in [-0.2, -0.15) is 10.5 Å². The van der Waals surface area contributed by atoms with E-state index in [0.717, 1.165) is 0 Å². The van der Waals surface area contributed by atoms with Gasteiger partial charge < -0.3 is 0 Å². The molecule has 0 unspecified atom stereocenters. The summed E-state index contributed by atoms with van der Waals surface area (Å²) in [6, 6.07) is 23.5. The van der Waals surface area contributed by atoms with Crippen LogP contribution in [-0.2, 0) is 0 Å². The second-order valence-corrected chi connectivity index (χ2v) is 6.35. The Morgan fingerprint density at radius 3 is 0.259 bits per heavy atom. The van der Waals surface area contributed by atoms with Gasteiger partial charge in [-0.1, -0.05) is 0 Å². The number of nitrogens with zero attached hydrogens (tertiary/aromatic N) is 2. The Bertz CT molecular complexity index is 826. The maximum Gasteiger partial charge on any atom is 1.00 e. The molecule has 0 fully saturated rings. The standard InChI is InChI=1S/12C2H3N.3ClHO4.3Li/c12*1-2-3;3*2-1(3,4)5;;;/h12*1H3;3*(H,2,3,4,5);;;/q;;;;;;;;;;;;;;;3*+1/p+7. The number of hydrogen-bond donors (Lipinski definition) is 10. The molecule has 30 heteroatoms. The van der Waals surface area contributed by atoms with Crippen LogP contribution >= 0.6 is 0 Å². The zero-order chi connectivity index (χ0) is 46.0. The number of hydrogen-bond acceptors (Lipinski definition) is 14. The van der Waals surface area contributed by atoms with Crippen LogP contribution < -0.4 is 165 Å². The van der Waals surface area contributed by atoms with Gasteiger partial charge in [0.1, 0.15) is 0 Å². The van der Waals surface area contributed by atoms with E-state index in [1.165, 1.54) is 13.8 Å². The van der Waals surface area contributed by atoms with E-state index in [1.54, 1.807) is 81.4 Å². The predicted molar refractivity (Wildman–Crippen MR) is 128 cm³/mol. The smallest absolute Gasteiger partial charge is 0.222 e. The normalized spacial score (nSPS) is 5.11. The van der Waals surface area contributed by atoms with E-state index in [-0.39, 0.29) is 56.6 Å². The van der Waals surface area contributed by atoms with Gasteiger partial charge in [0.05, 0.1) is 81.4 Å². The quantitative estimate of drug-likeness (QED) is 0.102. The maximum atomic E-state index is 8.49. The summed E-state index contributed by atoms with van der Waals surface area (Å²) in [7, 11) is -14.8. The third kappa shape index (κ3) is 6870. The van der Waals surface area contributed by atoms with Crippen LogP contribution in [0.4, 0.5) is 0 Å². The molecule has 54 heavy (non-hydrogen) atoms. The van der Waals surface area contributed by atoms with Gasteiger partial charge in [0.25, 0.3) is 60.7 Å². The van der Waals surface area contributed by atoms with Crippen LogP contribution in [0.1, 0.15) is 83.1 Å². The molecule has 0 saturated carbocycles. The molecule has 0 amide bonds. The van der Waals surface area contributed by atoms with Crippen molar-refractivity contribution < 1.29 is 196 Å². The second-order valence-electron chi connectivity index (χ2n) is 4.08. The first kappa shape index (κ1) is 117. The van der Waals surface area contributed by atoms with Crippen molar-refractivity contribution in [3.63, 3.8) is 0 Å².